The fourth-order valence-corrected chi connectivity index (χ4v) is 6.61. The molecule has 0 aliphatic heterocycles. The van der Waals surface area contributed by atoms with E-state index in [0.29, 0.717) is 23.4 Å². The van der Waals surface area contributed by atoms with Crippen molar-refractivity contribution in [3.8, 4) is 6.07 Å². The highest BCUT2D eigenvalue weighted by molar-refractivity contribution is 7.99. The highest BCUT2D eigenvalue weighted by Crippen LogP contribution is 2.46. The molecule has 1 atom stereocenters. The van der Waals surface area contributed by atoms with Gasteiger partial charge in [0.2, 0.25) is 5.91 Å². The van der Waals surface area contributed by atoms with Crippen LogP contribution in [0, 0.1) is 22.7 Å². The summed E-state index contributed by atoms with van der Waals surface area (Å²) < 4.78 is 2.27. The van der Waals surface area contributed by atoms with Crippen molar-refractivity contribution in [1.29, 1.82) is 5.26 Å². The fourth-order valence-electron chi connectivity index (χ4n) is 4.51. The predicted molar refractivity (Wildman–Crippen MR) is 124 cm³/mol. The van der Waals surface area contributed by atoms with E-state index in [1.165, 1.54) is 42.3 Å². The van der Waals surface area contributed by atoms with E-state index in [-0.39, 0.29) is 17.1 Å². The van der Waals surface area contributed by atoms with E-state index >= 15 is 0 Å². The quantitative estimate of drug-likeness (QED) is 0.597. The van der Waals surface area contributed by atoms with E-state index < -0.39 is 0 Å². The minimum Gasteiger partial charge on any atom is -0.316 e. The molecule has 0 unspecified atom stereocenters. The average molecular weight is 456 g/mol. The lowest BCUT2D eigenvalue weighted by Crippen LogP contribution is -2.26. The molecule has 0 spiro atoms. The molecule has 1 N–H and O–H groups in total. The van der Waals surface area contributed by atoms with E-state index in [2.05, 4.69) is 46.9 Å². The zero-order valence-electron chi connectivity index (χ0n) is 18.4. The van der Waals surface area contributed by atoms with Crippen LogP contribution in [-0.2, 0) is 17.6 Å². The van der Waals surface area contributed by atoms with Crippen molar-refractivity contribution in [3.05, 3.63) is 21.8 Å². The van der Waals surface area contributed by atoms with Gasteiger partial charge in [-0.15, -0.1) is 21.5 Å². The molecule has 8 heteroatoms. The van der Waals surface area contributed by atoms with Gasteiger partial charge < -0.3 is 9.88 Å². The summed E-state index contributed by atoms with van der Waals surface area (Å²) in [7, 11) is 0. The van der Waals surface area contributed by atoms with Crippen molar-refractivity contribution in [2.24, 2.45) is 11.3 Å². The number of carbonyl (C=O) groups excluding carboxylic acids is 1. The van der Waals surface area contributed by atoms with Crippen LogP contribution in [0.5, 0.6) is 0 Å². The number of carbonyl (C=O) groups is 1. The van der Waals surface area contributed by atoms with Gasteiger partial charge in [0.1, 0.15) is 16.9 Å². The number of anilines is 1. The van der Waals surface area contributed by atoms with E-state index in [4.69, 9.17) is 0 Å². The van der Waals surface area contributed by atoms with Gasteiger partial charge in [0.25, 0.3) is 0 Å². The smallest absolute Gasteiger partial charge is 0.235 e. The predicted octanol–water partition coefficient (Wildman–Crippen LogP) is 5.31. The fraction of sp³-hybridized carbons (Fsp3) is 0.652. The first-order valence-electron chi connectivity index (χ1n) is 11.3. The summed E-state index contributed by atoms with van der Waals surface area (Å²) in [5.74, 6) is 2.48. The monoisotopic (exact) mass is 455 g/mol. The van der Waals surface area contributed by atoms with Crippen LogP contribution in [0.2, 0.25) is 0 Å². The molecular weight excluding hydrogens is 426 g/mol. The van der Waals surface area contributed by atoms with Crippen molar-refractivity contribution in [3.63, 3.8) is 0 Å². The van der Waals surface area contributed by atoms with Gasteiger partial charge in [-0.2, -0.15) is 5.26 Å². The second-order valence-electron chi connectivity index (χ2n) is 10.2. The number of nitriles is 1. The number of aromatic nitrogens is 3. The minimum absolute atomic E-state index is 0.0780. The maximum Gasteiger partial charge on any atom is 0.235 e. The van der Waals surface area contributed by atoms with E-state index in [9.17, 15) is 10.1 Å². The van der Waals surface area contributed by atoms with Gasteiger partial charge in [0.15, 0.2) is 5.16 Å². The molecule has 6 nitrogen and oxygen atoms in total. The molecule has 3 aliphatic carbocycles. The highest BCUT2D eigenvalue weighted by atomic mass is 32.2. The molecule has 0 aromatic carbocycles. The largest absolute Gasteiger partial charge is 0.316 e. The van der Waals surface area contributed by atoms with Gasteiger partial charge in [-0.05, 0) is 61.8 Å². The van der Waals surface area contributed by atoms with Crippen molar-refractivity contribution in [2.75, 3.05) is 11.1 Å². The Morgan fingerprint density at radius 2 is 2.03 bits per heavy atom. The number of amides is 1. The second-order valence-corrected chi connectivity index (χ2v) is 12.2. The molecule has 1 amide bonds. The summed E-state index contributed by atoms with van der Waals surface area (Å²) in [6.45, 7) is 6.86. The first kappa shape index (κ1) is 21.0. The first-order chi connectivity index (χ1) is 14.8. The maximum atomic E-state index is 12.7. The van der Waals surface area contributed by atoms with Crippen LogP contribution in [0.25, 0.3) is 0 Å². The number of hydrogen-bond acceptors (Lipinski definition) is 6. The van der Waals surface area contributed by atoms with E-state index in [1.807, 2.05) is 0 Å². The summed E-state index contributed by atoms with van der Waals surface area (Å²) in [6.07, 6.45) is 7.79. The van der Waals surface area contributed by atoms with Crippen LogP contribution < -0.4 is 5.32 Å². The highest BCUT2D eigenvalue weighted by Gasteiger charge is 2.36. The van der Waals surface area contributed by atoms with Crippen molar-refractivity contribution in [1.82, 2.24) is 14.8 Å². The number of thiophene rings is 1. The molecule has 5 rings (SSSR count). The summed E-state index contributed by atoms with van der Waals surface area (Å²) in [4.78, 5) is 14.0. The molecule has 0 saturated heterocycles. The third-order valence-corrected chi connectivity index (χ3v) is 8.85. The standard InChI is InChI=1S/C23H29N5OS2/c1-23(2,3)14-6-9-16-17(11-24)21(31-18(16)10-14)25-19(29)12-30-22-27-26-20(13-4-5-13)28(22)15-7-8-15/h13-15H,4-10,12H2,1-3H3,(H,25,29)/t14-/m0/s1. The van der Waals surface area contributed by atoms with Crippen molar-refractivity contribution < 1.29 is 4.79 Å². The van der Waals surface area contributed by atoms with Crippen LogP contribution in [0.1, 0.15) is 86.7 Å². The molecular formula is C23H29N5OS2. The Balaban J connectivity index is 1.27. The molecule has 2 aromatic heterocycles. The third-order valence-electron chi connectivity index (χ3n) is 6.73. The average Bonchev–Trinajstić information content (AvgIpc) is 3.66. The lowest BCUT2D eigenvalue weighted by Gasteiger charge is -2.33. The van der Waals surface area contributed by atoms with Crippen LogP contribution in [0.3, 0.4) is 0 Å². The van der Waals surface area contributed by atoms with Gasteiger partial charge in [-0.25, -0.2) is 0 Å². The molecule has 2 fully saturated rings. The molecule has 2 aromatic rings. The summed E-state index contributed by atoms with van der Waals surface area (Å²) in [5, 5.41) is 23.2. The maximum absolute atomic E-state index is 12.7. The normalized spacial score (nSPS) is 20.9. The lowest BCUT2D eigenvalue weighted by molar-refractivity contribution is -0.113. The Kier molecular flexibility index (Phi) is 5.38. The SMILES string of the molecule is CC(C)(C)[C@H]1CCc2c(sc(NC(=O)CSc3nnc(C4CC4)n3C3CC3)c2C#N)C1. The third kappa shape index (κ3) is 4.27. The van der Waals surface area contributed by atoms with Gasteiger partial charge in [0, 0.05) is 16.8 Å². The van der Waals surface area contributed by atoms with Crippen molar-refractivity contribution in [2.45, 2.75) is 82.8 Å². The van der Waals surface area contributed by atoms with Crippen LogP contribution >= 0.6 is 23.1 Å². The van der Waals surface area contributed by atoms with E-state index in [0.717, 1.165) is 40.8 Å². The van der Waals surface area contributed by atoms with Crippen LogP contribution in [0.4, 0.5) is 5.00 Å². The molecule has 0 bridgehead atoms. The number of thioether (sulfide) groups is 1. The first-order valence-corrected chi connectivity index (χ1v) is 13.1. The Morgan fingerprint density at radius 3 is 2.68 bits per heavy atom. The minimum atomic E-state index is -0.0780. The van der Waals surface area contributed by atoms with Crippen LogP contribution in [-0.4, -0.2) is 26.4 Å². The summed E-state index contributed by atoms with van der Waals surface area (Å²) >= 11 is 3.05. The Morgan fingerprint density at radius 1 is 1.26 bits per heavy atom. The Bertz CT molecular complexity index is 1050. The molecule has 2 saturated carbocycles. The van der Waals surface area contributed by atoms with Gasteiger partial charge in [-0.3, -0.25) is 4.79 Å². The van der Waals surface area contributed by atoms with E-state index in [1.54, 1.807) is 11.3 Å². The number of rotatable bonds is 6. The number of fused-ring (bicyclic) bond motifs is 1. The van der Waals surface area contributed by atoms with Gasteiger partial charge >= 0.3 is 0 Å². The molecule has 0 radical (unpaired) electrons. The topological polar surface area (TPSA) is 83.6 Å². The second kappa shape index (κ2) is 7.93. The molecule has 3 aliphatic rings. The Hall–Kier alpha value is -1.85. The number of nitrogens with zero attached hydrogens (tertiary/aromatic N) is 4. The van der Waals surface area contributed by atoms with Gasteiger partial charge in [0.05, 0.1) is 11.3 Å². The number of hydrogen-bond donors (Lipinski definition) is 1. The van der Waals surface area contributed by atoms with Crippen LogP contribution in [0.15, 0.2) is 5.16 Å². The summed E-state index contributed by atoms with van der Waals surface area (Å²) in [5.41, 5.74) is 2.08. The number of nitrogens with one attached hydrogen (secondary N) is 1. The molecule has 31 heavy (non-hydrogen) atoms. The van der Waals surface area contributed by atoms with Crippen molar-refractivity contribution >= 4 is 34.0 Å². The molecule has 164 valence electrons. The zero-order chi connectivity index (χ0) is 21.8. The zero-order valence-corrected chi connectivity index (χ0v) is 20.0. The lowest BCUT2D eigenvalue weighted by atomic mass is 9.72. The Labute approximate surface area is 191 Å². The molecule has 2 heterocycles. The summed E-state index contributed by atoms with van der Waals surface area (Å²) in [6, 6.07) is 2.87. The van der Waals surface area contributed by atoms with Gasteiger partial charge in [-0.1, -0.05) is 32.5 Å².